The molecule has 1 rings (SSSR count). The number of benzene rings is 1. The van der Waals surface area contributed by atoms with Crippen molar-refractivity contribution in [2.75, 3.05) is 13.2 Å². The van der Waals surface area contributed by atoms with Gasteiger partial charge in [-0.2, -0.15) is 0 Å². The topological polar surface area (TPSA) is 101 Å². The molecule has 0 saturated heterocycles. The van der Waals surface area contributed by atoms with E-state index in [1.54, 1.807) is 12.1 Å². The zero-order chi connectivity index (χ0) is 11.8. The summed E-state index contributed by atoms with van der Waals surface area (Å²) in [4.78, 5) is 12.7. The smallest absolute Gasteiger partial charge is 0.310 e. The average Bonchev–Trinajstić information content (AvgIpc) is 2.29. The van der Waals surface area contributed by atoms with Crippen molar-refractivity contribution >= 4 is 5.69 Å². The summed E-state index contributed by atoms with van der Waals surface area (Å²) in [6.45, 7) is 0.598. The fourth-order valence-electron chi connectivity index (χ4n) is 1.09. The minimum absolute atomic E-state index is 0.0636. The van der Waals surface area contributed by atoms with Crippen molar-refractivity contribution in [2.45, 2.75) is 6.42 Å². The maximum Gasteiger partial charge on any atom is 0.310 e. The van der Waals surface area contributed by atoms with E-state index in [4.69, 9.17) is 10.3 Å². The lowest BCUT2D eigenvalue weighted by atomic mass is 10.3. The van der Waals surface area contributed by atoms with Gasteiger partial charge in [0.2, 0.25) is 0 Å². The Bertz CT molecular complexity index is 415. The van der Waals surface area contributed by atoms with E-state index in [1.165, 1.54) is 12.1 Å². The number of hydrogen-bond acceptors (Lipinski definition) is 4. The number of para-hydroxylation sites is 2. The average molecular weight is 222 g/mol. The van der Waals surface area contributed by atoms with E-state index in [2.05, 4.69) is 10.0 Å². The van der Waals surface area contributed by atoms with Crippen LogP contribution in [0.25, 0.3) is 10.4 Å². The Morgan fingerprint density at radius 2 is 2.25 bits per heavy atom. The third kappa shape index (κ3) is 3.47. The standard InChI is InChI=1S/C9H10N4O3/c10-12-11-6-3-7-16-9-5-2-1-4-8(9)13(14)15/h1-2,4-5H,3,6-7H2. The predicted octanol–water partition coefficient (Wildman–Crippen LogP) is 2.67. The Morgan fingerprint density at radius 1 is 1.50 bits per heavy atom. The zero-order valence-corrected chi connectivity index (χ0v) is 8.44. The van der Waals surface area contributed by atoms with Gasteiger partial charge in [0.25, 0.3) is 0 Å². The molecule has 0 spiro atoms. The number of azide groups is 1. The second kappa shape index (κ2) is 6.26. The van der Waals surface area contributed by atoms with Crippen LogP contribution in [-0.2, 0) is 0 Å². The molecule has 0 atom stereocenters. The maximum atomic E-state index is 10.6. The largest absolute Gasteiger partial charge is 0.487 e. The van der Waals surface area contributed by atoms with Crippen LogP contribution in [0.1, 0.15) is 6.42 Å². The molecule has 7 nitrogen and oxygen atoms in total. The Kier molecular flexibility index (Phi) is 4.62. The quantitative estimate of drug-likeness (QED) is 0.184. The van der Waals surface area contributed by atoms with E-state index in [1.807, 2.05) is 0 Å². The van der Waals surface area contributed by atoms with Crippen molar-refractivity contribution in [3.63, 3.8) is 0 Å². The monoisotopic (exact) mass is 222 g/mol. The lowest BCUT2D eigenvalue weighted by molar-refractivity contribution is -0.385. The molecule has 0 radical (unpaired) electrons. The van der Waals surface area contributed by atoms with Crippen LogP contribution in [0.5, 0.6) is 5.75 Å². The zero-order valence-electron chi connectivity index (χ0n) is 8.44. The van der Waals surface area contributed by atoms with E-state index in [0.717, 1.165) is 0 Å². The van der Waals surface area contributed by atoms with Crippen LogP contribution in [0.15, 0.2) is 29.4 Å². The summed E-state index contributed by atoms with van der Waals surface area (Å²) in [7, 11) is 0. The Labute approximate surface area is 91.4 Å². The SMILES string of the molecule is [N-]=[N+]=NCCCOc1ccccc1[N+](=O)[O-]. The summed E-state index contributed by atoms with van der Waals surface area (Å²) < 4.78 is 5.22. The van der Waals surface area contributed by atoms with Gasteiger partial charge in [0.1, 0.15) is 0 Å². The fraction of sp³-hybridized carbons (Fsp3) is 0.333. The number of nitro benzene ring substituents is 1. The molecule has 1 aromatic carbocycles. The first-order valence-corrected chi connectivity index (χ1v) is 4.63. The van der Waals surface area contributed by atoms with E-state index >= 15 is 0 Å². The van der Waals surface area contributed by atoms with Crippen LogP contribution in [0, 0.1) is 10.1 Å². The summed E-state index contributed by atoms with van der Waals surface area (Å²) in [5.41, 5.74) is 7.96. The lowest BCUT2D eigenvalue weighted by Gasteiger charge is -2.04. The maximum absolute atomic E-state index is 10.6. The van der Waals surface area contributed by atoms with Gasteiger partial charge >= 0.3 is 5.69 Å². The molecular weight excluding hydrogens is 212 g/mol. The van der Waals surface area contributed by atoms with Gasteiger partial charge in [-0.1, -0.05) is 17.2 Å². The van der Waals surface area contributed by atoms with Gasteiger partial charge in [-0.05, 0) is 18.0 Å². The Balaban J connectivity index is 2.53. The molecule has 0 saturated carbocycles. The van der Waals surface area contributed by atoms with Gasteiger partial charge in [0, 0.05) is 17.5 Å². The molecule has 0 N–H and O–H groups in total. The molecule has 0 aliphatic rings. The lowest BCUT2D eigenvalue weighted by Crippen LogP contribution is -2.01. The molecule has 84 valence electrons. The summed E-state index contributed by atoms with van der Waals surface area (Å²) in [6, 6.07) is 6.15. The first-order chi connectivity index (χ1) is 7.75. The molecule has 0 bridgehead atoms. The second-order valence-corrected chi connectivity index (χ2v) is 2.88. The summed E-state index contributed by atoms with van der Waals surface area (Å²) >= 11 is 0. The van der Waals surface area contributed by atoms with Gasteiger partial charge in [0.05, 0.1) is 11.5 Å². The van der Waals surface area contributed by atoms with Gasteiger partial charge in [-0.15, -0.1) is 0 Å². The van der Waals surface area contributed by atoms with Crippen molar-refractivity contribution in [3.05, 3.63) is 44.8 Å². The summed E-state index contributed by atoms with van der Waals surface area (Å²) in [5.74, 6) is 0.230. The molecule has 16 heavy (non-hydrogen) atoms. The van der Waals surface area contributed by atoms with Crippen molar-refractivity contribution < 1.29 is 9.66 Å². The van der Waals surface area contributed by atoms with Crippen LogP contribution in [-0.4, -0.2) is 18.1 Å². The summed E-state index contributed by atoms with van der Waals surface area (Å²) in [5, 5.41) is 13.9. The first-order valence-electron chi connectivity index (χ1n) is 4.63. The third-order valence-electron chi connectivity index (χ3n) is 1.79. The van der Waals surface area contributed by atoms with Crippen molar-refractivity contribution in [1.29, 1.82) is 0 Å². The van der Waals surface area contributed by atoms with Gasteiger partial charge in [-0.25, -0.2) is 0 Å². The molecular formula is C9H10N4O3. The Morgan fingerprint density at radius 3 is 2.94 bits per heavy atom. The van der Waals surface area contributed by atoms with Crippen molar-refractivity contribution in [3.8, 4) is 5.75 Å². The summed E-state index contributed by atoms with van der Waals surface area (Å²) in [6.07, 6.45) is 0.524. The molecule has 0 unspecified atom stereocenters. The highest BCUT2D eigenvalue weighted by molar-refractivity contribution is 5.45. The number of nitro groups is 1. The third-order valence-corrected chi connectivity index (χ3v) is 1.79. The van der Waals surface area contributed by atoms with Crippen LogP contribution >= 0.6 is 0 Å². The van der Waals surface area contributed by atoms with Crippen LogP contribution in [0.4, 0.5) is 5.69 Å². The first kappa shape index (κ1) is 11.8. The second-order valence-electron chi connectivity index (χ2n) is 2.88. The van der Waals surface area contributed by atoms with Gasteiger partial charge < -0.3 is 4.74 Å². The molecule has 0 fully saturated rings. The van der Waals surface area contributed by atoms with E-state index in [-0.39, 0.29) is 18.0 Å². The molecule has 0 aromatic heterocycles. The van der Waals surface area contributed by atoms with Crippen LogP contribution in [0.2, 0.25) is 0 Å². The van der Waals surface area contributed by atoms with Crippen molar-refractivity contribution in [2.24, 2.45) is 5.11 Å². The number of ether oxygens (including phenoxy) is 1. The van der Waals surface area contributed by atoms with Gasteiger partial charge in [0.15, 0.2) is 5.75 Å². The molecule has 7 heteroatoms. The minimum atomic E-state index is -0.497. The molecule has 0 amide bonds. The molecule has 0 aliphatic heterocycles. The normalized spacial score (nSPS) is 9.25. The number of nitrogens with zero attached hydrogens (tertiary/aromatic N) is 4. The van der Waals surface area contributed by atoms with Crippen LogP contribution < -0.4 is 4.74 Å². The van der Waals surface area contributed by atoms with E-state index in [0.29, 0.717) is 13.0 Å². The molecule has 1 aromatic rings. The molecule has 0 aliphatic carbocycles. The number of rotatable bonds is 6. The number of hydrogen-bond donors (Lipinski definition) is 0. The van der Waals surface area contributed by atoms with Crippen LogP contribution in [0.3, 0.4) is 0 Å². The van der Waals surface area contributed by atoms with Crippen molar-refractivity contribution in [1.82, 2.24) is 0 Å². The van der Waals surface area contributed by atoms with E-state index in [9.17, 15) is 10.1 Å². The minimum Gasteiger partial charge on any atom is -0.487 e. The van der Waals surface area contributed by atoms with E-state index < -0.39 is 4.92 Å². The molecule has 0 heterocycles. The highest BCUT2D eigenvalue weighted by Gasteiger charge is 2.12. The highest BCUT2D eigenvalue weighted by Crippen LogP contribution is 2.25. The predicted molar refractivity (Wildman–Crippen MR) is 57.2 cm³/mol. The van der Waals surface area contributed by atoms with Gasteiger partial charge in [-0.3, -0.25) is 10.1 Å². The Hall–Kier alpha value is -2.27. The fourth-order valence-corrected chi connectivity index (χ4v) is 1.09. The highest BCUT2D eigenvalue weighted by atomic mass is 16.6.